The number of carbonyl (C=O) groups excluding carboxylic acids is 1. The lowest BCUT2D eigenvalue weighted by molar-refractivity contribution is 0.0940. The van der Waals surface area contributed by atoms with E-state index >= 15 is 0 Å². The summed E-state index contributed by atoms with van der Waals surface area (Å²) in [6, 6.07) is 8.04. The molecule has 4 rings (SSSR count). The minimum absolute atomic E-state index is 0.204. The summed E-state index contributed by atoms with van der Waals surface area (Å²) in [4.78, 5) is 16.8. The lowest BCUT2D eigenvalue weighted by Gasteiger charge is -2.14. The number of halogens is 1. The molecule has 0 fully saturated rings. The molecule has 1 unspecified atom stereocenters. The van der Waals surface area contributed by atoms with Crippen LogP contribution in [0.25, 0.3) is 5.65 Å². The first-order valence-electron chi connectivity index (χ1n) is 8.61. The van der Waals surface area contributed by atoms with Crippen molar-refractivity contribution in [1.82, 2.24) is 19.9 Å². The predicted molar refractivity (Wildman–Crippen MR) is 98.8 cm³/mol. The van der Waals surface area contributed by atoms with Crippen LogP contribution in [0.2, 0.25) is 5.02 Å². The van der Waals surface area contributed by atoms with E-state index in [1.54, 1.807) is 16.9 Å². The lowest BCUT2D eigenvalue weighted by atomic mass is 9.97. The second-order valence-corrected chi connectivity index (χ2v) is 6.97. The molecule has 0 radical (unpaired) electrons. The van der Waals surface area contributed by atoms with Gasteiger partial charge < -0.3 is 10.1 Å². The molecule has 2 aromatic heterocycles. The number of para-hydroxylation sites is 1. The Kier molecular flexibility index (Phi) is 4.51. The molecule has 1 aliphatic heterocycles. The van der Waals surface area contributed by atoms with Crippen molar-refractivity contribution in [3.63, 3.8) is 0 Å². The van der Waals surface area contributed by atoms with Crippen molar-refractivity contribution in [2.45, 2.75) is 19.8 Å². The first-order valence-corrected chi connectivity index (χ1v) is 8.99. The third-order valence-electron chi connectivity index (χ3n) is 4.58. The fourth-order valence-electron chi connectivity index (χ4n) is 3.20. The number of hydrogen-bond acceptors (Lipinski definition) is 4. The van der Waals surface area contributed by atoms with Crippen LogP contribution >= 0.6 is 11.6 Å². The largest absolute Gasteiger partial charge is 0.493 e. The molecule has 26 heavy (non-hydrogen) atoms. The van der Waals surface area contributed by atoms with Crippen molar-refractivity contribution >= 4 is 23.2 Å². The highest BCUT2D eigenvalue weighted by atomic mass is 35.5. The molecule has 3 heterocycles. The zero-order chi connectivity index (χ0) is 18.1. The first-order chi connectivity index (χ1) is 12.6. The topological polar surface area (TPSA) is 68.5 Å². The number of carbonyl (C=O) groups is 1. The van der Waals surface area contributed by atoms with Gasteiger partial charge in [-0.3, -0.25) is 4.79 Å². The van der Waals surface area contributed by atoms with Crippen LogP contribution in [0.1, 0.15) is 28.0 Å². The smallest absolute Gasteiger partial charge is 0.273 e. The van der Waals surface area contributed by atoms with E-state index in [0.717, 1.165) is 24.2 Å². The van der Waals surface area contributed by atoms with Gasteiger partial charge in [-0.05, 0) is 42.9 Å². The third-order valence-corrected chi connectivity index (χ3v) is 4.92. The number of fused-ring (bicyclic) bond motifs is 2. The Morgan fingerprint density at radius 1 is 1.42 bits per heavy atom. The first kappa shape index (κ1) is 16.8. The van der Waals surface area contributed by atoms with Gasteiger partial charge in [0.05, 0.1) is 6.61 Å². The maximum absolute atomic E-state index is 12.6. The van der Waals surface area contributed by atoms with Crippen molar-refractivity contribution < 1.29 is 9.53 Å². The fraction of sp³-hybridized carbons (Fsp3) is 0.316. The Balaban J connectivity index is 1.47. The number of aryl methyl sites for hydroxylation is 1. The molecule has 6 nitrogen and oxygen atoms in total. The summed E-state index contributed by atoms with van der Waals surface area (Å²) in [7, 11) is 0. The molecule has 0 saturated heterocycles. The summed E-state index contributed by atoms with van der Waals surface area (Å²) in [5.74, 6) is 0.960. The summed E-state index contributed by atoms with van der Waals surface area (Å²) < 4.78 is 7.33. The van der Waals surface area contributed by atoms with Crippen molar-refractivity contribution in [2.75, 3.05) is 13.2 Å². The number of benzene rings is 1. The standard InChI is InChI=1S/C19H19ClN4O2/c1-12-9-21-18-16(20)17(23-24(18)11-12)19(25)22-10-13-6-7-26-15-5-3-2-4-14(15)8-13/h2-5,9,11,13H,6-8,10H2,1H3,(H,22,25). The van der Waals surface area contributed by atoms with Crippen LogP contribution in [0.15, 0.2) is 36.7 Å². The Morgan fingerprint density at radius 2 is 2.27 bits per heavy atom. The maximum Gasteiger partial charge on any atom is 0.273 e. The van der Waals surface area contributed by atoms with Crippen LogP contribution in [-0.2, 0) is 6.42 Å². The average Bonchev–Trinajstić information content (AvgIpc) is 2.83. The summed E-state index contributed by atoms with van der Waals surface area (Å²) in [5, 5.41) is 7.51. The Bertz CT molecular complexity index is 969. The number of hydrogen-bond donors (Lipinski definition) is 1. The van der Waals surface area contributed by atoms with E-state index in [2.05, 4.69) is 21.5 Å². The van der Waals surface area contributed by atoms with Gasteiger partial charge in [0.25, 0.3) is 5.91 Å². The molecule has 0 saturated carbocycles. The van der Waals surface area contributed by atoms with Gasteiger partial charge in [-0.25, -0.2) is 9.50 Å². The van der Waals surface area contributed by atoms with Gasteiger partial charge in [-0.2, -0.15) is 5.10 Å². The predicted octanol–water partition coefficient (Wildman–Crippen LogP) is 3.06. The molecule has 1 N–H and O–H groups in total. The maximum atomic E-state index is 12.6. The van der Waals surface area contributed by atoms with Gasteiger partial charge in [0.2, 0.25) is 0 Å². The van der Waals surface area contributed by atoms with Crippen LogP contribution in [0.5, 0.6) is 5.75 Å². The zero-order valence-electron chi connectivity index (χ0n) is 14.4. The van der Waals surface area contributed by atoms with Gasteiger partial charge >= 0.3 is 0 Å². The summed E-state index contributed by atoms with van der Waals surface area (Å²) in [6.07, 6.45) is 5.25. The lowest BCUT2D eigenvalue weighted by Crippen LogP contribution is -2.31. The summed E-state index contributed by atoms with van der Waals surface area (Å²) >= 11 is 6.29. The summed E-state index contributed by atoms with van der Waals surface area (Å²) in [5.41, 5.74) is 2.81. The molecular weight excluding hydrogens is 352 g/mol. The van der Waals surface area contributed by atoms with Crippen LogP contribution in [0, 0.1) is 12.8 Å². The molecule has 1 aromatic carbocycles. The van der Waals surface area contributed by atoms with Crippen LogP contribution < -0.4 is 10.1 Å². The van der Waals surface area contributed by atoms with Crippen LogP contribution in [0.3, 0.4) is 0 Å². The van der Waals surface area contributed by atoms with Crippen LogP contribution in [-0.4, -0.2) is 33.7 Å². The number of ether oxygens (including phenoxy) is 1. The number of rotatable bonds is 3. The fourth-order valence-corrected chi connectivity index (χ4v) is 3.46. The van der Waals surface area contributed by atoms with E-state index in [0.29, 0.717) is 24.7 Å². The van der Waals surface area contributed by atoms with Gasteiger partial charge in [-0.15, -0.1) is 0 Å². The number of nitrogens with one attached hydrogen (secondary N) is 1. The van der Waals surface area contributed by atoms with Gasteiger partial charge in [0, 0.05) is 18.9 Å². The number of aromatic nitrogens is 3. The monoisotopic (exact) mass is 370 g/mol. The number of amides is 1. The minimum atomic E-state index is -0.281. The van der Waals surface area contributed by atoms with Gasteiger partial charge in [0.1, 0.15) is 10.8 Å². The Morgan fingerprint density at radius 3 is 3.15 bits per heavy atom. The zero-order valence-corrected chi connectivity index (χ0v) is 15.2. The van der Waals surface area contributed by atoms with Gasteiger partial charge in [0.15, 0.2) is 11.3 Å². The average molecular weight is 371 g/mol. The summed E-state index contributed by atoms with van der Waals surface area (Å²) in [6.45, 7) is 3.11. The molecule has 0 spiro atoms. The molecule has 0 aliphatic carbocycles. The number of nitrogens with zero attached hydrogens (tertiary/aromatic N) is 3. The second-order valence-electron chi connectivity index (χ2n) is 6.59. The highest BCUT2D eigenvalue weighted by Crippen LogP contribution is 2.26. The quantitative estimate of drug-likeness (QED) is 0.769. The van der Waals surface area contributed by atoms with E-state index < -0.39 is 0 Å². The second kappa shape index (κ2) is 6.96. The van der Waals surface area contributed by atoms with Crippen LogP contribution in [0.4, 0.5) is 0 Å². The Hall–Kier alpha value is -2.60. The molecule has 1 amide bonds. The van der Waals surface area contributed by atoms with Gasteiger partial charge in [-0.1, -0.05) is 29.8 Å². The highest BCUT2D eigenvalue weighted by molar-refractivity contribution is 6.36. The molecule has 3 aromatic rings. The van der Waals surface area contributed by atoms with E-state index in [-0.39, 0.29) is 16.6 Å². The molecule has 1 aliphatic rings. The van der Waals surface area contributed by atoms with E-state index in [1.807, 2.05) is 25.1 Å². The van der Waals surface area contributed by atoms with Crippen molar-refractivity contribution in [3.8, 4) is 5.75 Å². The van der Waals surface area contributed by atoms with Crippen molar-refractivity contribution in [3.05, 3.63) is 58.5 Å². The van der Waals surface area contributed by atoms with E-state index in [4.69, 9.17) is 16.3 Å². The molecule has 134 valence electrons. The van der Waals surface area contributed by atoms with E-state index in [9.17, 15) is 4.79 Å². The molecule has 0 bridgehead atoms. The SMILES string of the molecule is Cc1cnc2c(Cl)c(C(=O)NCC3CCOc4ccccc4C3)nn2c1. The third kappa shape index (κ3) is 3.24. The van der Waals surface area contributed by atoms with E-state index in [1.165, 1.54) is 5.56 Å². The van der Waals surface area contributed by atoms with Crippen molar-refractivity contribution in [1.29, 1.82) is 0 Å². The van der Waals surface area contributed by atoms with Crippen molar-refractivity contribution in [2.24, 2.45) is 5.92 Å². The molecule has 7 heteroatoms. The highest BCUT2D eigenvalue weighted by Gasteiger charge is 2.22. The minimum Gasteiger partial charge on any atom is -0.493 e. The Labute approximate surface area is 156 Å². The molecule has 1 atom stereocenters. The molecular formula is C19H19ClN4O2. The normalized spacial score (nSPS) is 16.6.